The van der Waals surface area contributed by atoms with Crippen LogP contribution in [0.25, 0.3) is 10.1 Å². The molecule has 2 aromatic heterocycles. The molecule has 0 saturated carbocycles. The molecule has 1 aromatic carbocycles. The van der Waals surface area contributed by atoms with E-state index in [1.165, 1.54) is 15.6 Å². The fraction of sp³-hybridized carbons (Fsp3) is 0.381. The van der Waals surface area contributed by atoms with Crippen molar-refractivity contribution >= 4 is 33.1 Å². The predicted molar refractivity (Wildman–Crippen MR) is 110 cm³/mol. The number of thiophene rings is 1. The van der Waals surface area contributed by atoms with Crippen LogP contribution in [0.4, 0.5) is 5.82 Å². The molecule has 1 amide bonds. The molecule has 4 heterocycles. The maximum atomic E-state index is 13.3. The van der Waals surface area contributed by atoms with E-state index in [9.17, 15) is 4.79 Å². The molecule has 0 spiro atoms. The molecule has 2 aliphatic rings. The van der Waals surface area contributed by atoms with Crippen molar-refractivity contribution in [1.29, 1.82) is 0 Å². The van der Waals surface area contributed by atoms with E-state index in [1.807, 2.05) is 17.2 Å². The summed E-state index contributed by atoms with van der Waals surface area (Å²) in [5.41, 5.74) is 1.21. The lowest BCUT2D eigenvalue weighted by atomic mass is 9.94. The first kappa shape index (κ1) is 17.6. The smallest absolute Gasteiger partial charge is 0.264 e. The highest BCUT2D eigenvalue weighted by Gasteiger charge is 2.32. The maximum Gasteiger partial charge on any atom is 0.264 e. The second-order valence-electron chi connectivity index (χ2n) is 7.24. The molecule has 28 heavy (non-hydrogen) atoms. The Labute approximate surface area is 167 Å². The lowest BCUT2D eigenvalue weighted by Gasteiger charge is -2.27. The standard InChI is InChI=1S/C21H22N4O2S/c26-21(24-9-11-27-12-10-24)20-19(16-3-1-2-4-17(16)28-20)15-5-8-25(14-15)18-13-22-6-7-23-18/h1-4,6-7,13,15H,5,8-12,14H2/t15-/m1/s1. The number of carbonyl (C=O) groups is 1. The zero-order chi connectivity index (χ0) is 18.9. The van der Waals surface area contributed by atoms with Crippen LogP contribution < -0.4 is 4.90 Å². The van der Waals surface area contributed by atoms with Crippen molar-refractivity contribution in [2.45, 2.75) is 12.3 Å². The highest BCUT2D eigenvalue weighted by molar-refractivity contribution is 7.21. The van der Waals surface area contributed by atoms with Gasteiger partial charge in [0.05, 0.1) is 24.3 Å². The Kier molecular flexibility index (Phi) is 4.70. The van der Waals surface area contributed by atoms with Crippen LogP contribution >= 0.6 is 11.3 Å². The summed E-state index contributed by atoms with van der Waals surface area (Å²) in [6, 6.07) is 8.39. The summed E-state index contributed by atoms with van der Waals surface area (Å²) in [7, 11) is 0. The Morgan fingerprint density at radius 3 is 2.82 bits per heavy atom. The first-order chi connectivity index (χ1) is 13.8. The second kappa shape index (κ2) is 7.48. The lowest BCUT2D eigenvalue weighted by Crippen LogP contribution is -2.40. The first-order valence-electron chi connectivity index (χ1n) is 9.70. The highest BCUT2D eigenvalue weighted by atomic mass is 32.1. The molecule has 144 valence electrons. The van der Waals surface area contributed by atoms with E-state index < -0.39 is 0 Å². The van der Waals surface area contributed by atoms with Crippen molar-refractivity contribution in [1.82, 2.24) is 14.9 Å². The monoisotopic (exact) mass is 394 g/mol. The van der Waals surface area contributed by atoms with Gasteiger partial charge in [-0.15, -0.1) is 11.3 Å². The summed E-state index contributed by atoms with van der Waals surface area (Å²) in [6.45, 7) is 4.37. The van der Waals surface area contributed by atoms with Gasteiger partial charge in [-0.05, 0) is 23.4 Å². The molecule has 1 atom stereocenters. The molecule has 7 heteroatoms. The van der Waals surface area contributed by atoms with E-state index in [0.717, 1.165) is 30.2 Å². The van der Waals surface area contributed by atoms with Gasteiger partial charge in [0, 0.05) is 49.2 Å². The van der Waals surface area contributed by atoms with Crippen molar-refractivity contribution < 1.29 is 9.53 Å². The number of hydrogen-bond donors (Lipinski definition) is 0. The van der Waals surface area contributed by atoms with Crippen molar-refractivity contribution in [3.05, 3.63) is 53.3 Å². The van der Waals surface area contributed by atoms with Gasteiger partial charge < -0.3 is 14.5 Å². The average Bonchev–Trinajstić information content (AvgIpc) is 3.39. The maximum absolute atomic E-state index is 13.3. The van der Waals surface area contributed by atoms with Gasteiger partial charge in [-0.25, -0.2) is 4.98 Å². The predicted octanol–water partition coefficient (Wildman–Crippen LogP) is 3.16. The molecule has 3 aromatic rings. The zero-order valence-corrected chi connectivity index (χ0v) is 16.4. The number of aromatic nitrogens is 2. The summed E-state index contributed by atoms with van der Waals surface area (Å²) in [5.74, 6) is 1.38. The third kappa shape index (κ3) is 3.14. The summed E-state index contributed by atoms with van der Waals surface area (Å²) in [5, 5.41) is 1.22. The second-order valence-corrected chi connectivity index (χ2v) is 8.29. The van der Waals surface area contributed by atoms with Crippen LogP contribution in [-0.4, -0.2) is 60.2 Å². The Balaban J connectivity index is 1.50. The third-order valence-corrected chi connectivity index (χ3v) is 6.77. The molecule has 0 aliphatic carbocycles. The van der Waals surface area contributed by atoms with Crippen molar-refractivity contribution in [2.24, 2.45) is 0 Å². The first-order valence-corrected chi connectivity index (χ1v) is 10.5. The quantitative estimate of drug-likeness (QED) is 0.683. The molecule has 2 saturated heterocycles. The number of benzene rings is 1. The molecule has 0 N–H and O–H groups in total. The molecule has 2 fully saturated rings. The number of anilines is 1. The lowest BCUT2D eigenvalue weighted by molar-refractivity contribution is 0.0305. The molecule has 0 unspecified atom stereocenters. The molecule has 5 rings (SSSR count). The molecule has 0 bridgehead atoms. The number of hydrogen-bond acceptors (Lipinski definition) is 6. The van der Waals surface area contributed by atoms with E-state index in [0.29, 0.717) is 32.2 Å². The van der Waals surface area contributed by atoms with Gasteiger partial charge in [0.2, 0.25) is 0 Å². The van der Waals surface area contributed by atoms with Gasteiger partial charge in [0.1, 0.15) is 5.82 Å². The molecule has 0 radical (unpaired) electrons. The minimum atomic E-state index is 0.150. The number of nitrogens with zero attached hydrogens (tertiary/aromatic N) is 4. The van der Waals surface area contributed by atoms with Gasteiger partial charge in [-0.2, -0.15) is 0 Å². The van der Waals surface area contributed by atoms with Crippen LogP contribution in [0.15, 0.2) is 42.9 Å². The van der Waals surface area contributed by atoms with Gasteiger partial charge in [-0.1, -0.05) is 18.2 Å². The van der Waals surface area contributed by atoms with Crippen LogP contribution in [0.2, 0.25) is 0 Å². The van der Waals surface area contributed by atoms with Crippen LogP contribution in [0.1, 0.15) is 27.6 Å². The minimum Gasteiger partial charge on any atom is -0.378 e. The van der Waals surface area contributed by atoms with Crippen LogP contribution in [-0.2, 0) is 4.74 Å². The summed E-state index contributed by atoms with van der Waals surface area (Å²) < 4.78 is 6.61. The Hall–Kier alpha value is -2.51. The number of ether oxygens (including phenoxy) is 1. The van der Waals surface area contributed by atoms with E-state index in [-0.39, 0.29) is 5.91 Å². The van der Waals surface area contributed by atoms with E-state index in [1.54, 1.807) is 23.7 Å². The number of fused-ring (bicyclic) bond motifs is 1. The van der Waals surface area contributed by atoms with Crippen LogP contribution in [0.5, 0.6) is 0 Å². The fourth-order valence-corrected chi connectivity index (χ4v) is 5.46. The molecular formula is C21H22N4O2S. The van der Waals surface area contributed by atoms with E-state index >= 15 is 0 Å². The Morgan fingerprint density at radius 2 is 2.00 bits per heavy atom. The van der Waals surface area contributed by atoms with Gasteiger partial charge in [0.25, 0.3) is 5.91 Å². The number of carbonyl (C=O) groups excluding carboxylic acids is 1. The van der Waals surface area contributed by atoms with Crippen molar-refractivity contribution in [3.8, 4) is 0 Å². The summed E-state index contributed by atoms with van der Waals surface area (Å²) >= 11 is 1.63. The average molecular weight is 395 g/mol. The van der Waals surface area contributed by atoms with Crippen molar-refractivity contribution in [3.63, 3.8) is 0 Å². The summed E-state index contributed by atoms with van der Waals surface area (Å²) in [6.07, 6.45) is 6.26. The number of amides is 1. The van der Waals surface area contributed by atoms with Gasteiger partial charge >= 0.3 is 0 Å². The van der Waals surface area contributed by atoms with Crippen molar-refractivity contribution in [2.75, 3.05) is 44.3 Å². The summed E-state index contributed by atoms with van der Waals surface area (Å²) in [4.78, 5) is 27.1. The number of morpholine rings is 1. The number of rotatable bonds is 3. The Bertz CT molecular complexity index is 984. The van der Waals surface area contributed by atoms with Gasteiger partial charge in [0.15, 0.2) is 0 Å². The van der Waals surface area contributed by atoms with Crippen LogP contribution in [0, 0.1) is 0 Å². The van der Waals surface area contributed by atoms with E-state index in [2.05, 4.69) is 33.1 Å². The minimum absolute atomic E-state index is 0.150. The zero-order valence-electron chi connectivity index (χ0n) is 15.6. The van der Waals surface area contributed by atoms with E-state index in [4.69, 9.17) is 4.74 Å². The highest BCUT2D eigenvalue weighted by Crippen LogP contribution is 2.41. The topological polar surface area (TPSA) is 58.6 Å². The van der Waals surface area contributed by atoms with Crippen LogP contribution in [0.3, 0.4) is 0 Å². The molecule has 6 nitrogen and oxygen atoms in total. The molecule has 2 aliphatic heterocycles. The molecular weight excluding hydrogens is 372 g/mol. The largest absolute Gasteiger partial charge is 0.378 e. The van der Waals surface area contributed by atoms with Gasteiger partial charge in [-0.3, -0.25) is 9.78 Å². The normalized spacial score (nSPS) is 20.1. The Morgan fingerprint density at radius 1 is 1.14 bits per heavy atom. The third-order valence-electron chi connectivity index (χ3n) is 5.60. The SMILES string of the molecule is O=C(c1sc2ccccc2c1[C@@H]1CCN(c2cnccn2)C1)N1CCOCC1. The fourth-order valence-electron chi connectivity index (χ4n) is 4.20.